The van der Waals surface area contributed by atoms with Crippen LogP contribution in [0.4, 0.5) is 15.8 Å². The Morgan fingerprint density at radius 3 is 2.75 bits per heavy atom. The van der Waals surface area contributed by atoms with E-state index in [1.165, 1.54) is 30.0 Å². The lowest BCUT2D eigenvalue weighted by Crippen LogP contribution is -2.23. The van der Waals surface area contributed by atoms with Gasteiger partial charge in [0.15, 0.2) is 0 Å². The van der Waals surface area contributed by atoms with E-state index in [1.54, 1.807) is 19.3 Å². The number of anilines is 2. The Labute approximate surface area is 120 Å². The summed E-state index contributed by atoms with van der Waals surface area (Å²) < 4.78 is 13.5. The molecule has 0 aliphatic heterocycles. The zero-order valence-electron chi connectivity index (χ0n) is 10.8. The van der Waals surface area contributed by atoms with E-state index in [0.29, 0.717) is 5.69 Å². The Morgan fingerprint density at radius 1 is 1.35 bits per heavy atom. The van der Waals surface area contributed by atoms with E-state index >= 15 is 0 Å². The van der Waals surface area contributed by atoms with Gasteiger partial charge in [0.2, 0.25) is 5.91 Å². The van der Waals surface area contributed by atoms with Crippen LogP contribution in [-0.4, -0.2) is 16.1 Å². The summed E-state index contributed by atoms with van der Waals surface area (Å²) in [5, 5.41) is 2.18. The SMILES string of the molecule is CC(Sc1ccncc1)C(=O)Nc1cc(N)ccc1F. The average molecular weight is 291 g/mol. The topological polar surface area (TPSA) is 68.0 Å². The molecule has 0 spiro atoms. The summed E-state index contributed by atoms with van der Waals surface area (Å²) >= 11 is 1.38. The monoisotopic (exact) mass is 291 g/mol. The molecular weight excluding hydrogens is 277 g/mol. The van der Waals surface area contributed by atoms with Gasteiger partial charge in [0.25, 0.3) is 0 Å². The number of hydrogen-bond donors (Lipinski definition) is 2. The quantitative estimate of drug-likeness (QED) is 0.671. The normalized spacial score (nSPS) is 11.9. The van der Waals surface area contributed by atoms with Gasteiger partial charge in [-0.15, -0.1) is 11.8 Å². The average Bonchev–Trinajstić information content (AvgIpc) is 2.44. The van der Waals surface area contributed by atoms with Gasteiger partial charge in [0.05, 0.1) is 10.9 Å². The number of rotatable bonds is 4. The molecular formula is C14H14FN3OS. The number of carbonyl (C=O) groups is 1. The lowest BCUT2D eigenvalue weighted by Gasteiger charge is -2.12. The minimum Gasteiger partial charge on any atom is -0.399 e. The maximum atomic E-state index is 13.5. The molecule has 0 saturated carbocycles. The van der Waals surface area contributed by atoms with Gasteiger partial charge in [-0.3, -0.25) is 9.78 Å². The third kappa shape index (κ3) is 3.71. The van der Waals surface area contributed by atoms with Gasteiger partial charge < -0.3 is 11.1 Å². The number of benzene rings is 1. The third-order valence-corrected chi connectivity index (χ3v) is 3.69. The summed E-state index contributed by atoms with van der Waals surface area (Å²) in [6.45, 7) is 1.75. The molecule has 1 unspecified atom stereocenters. The van der Waals surface area contributed by atoms with Crippen molar-refractivity contribution in [3.05, 3.63) is 48.5 Å². The van der Waals surface area contributed by atoms with Crippen LogP contribution in [0.1, 0.15) is 6.92 Å². The molecule has 1 heterocycles. The number of nitrogens with two attached hydrogens (primary N) is 1. The number of thioether (sulfide) groups is 1. The molecule has 104 valence electrons. The van der Waals surface area contributed by atoms with Crippen LogP contribution >= 0.6 is 11.8 Å². The predicted molar refractivity (Wildman–Crippen MR) is 79.0 cm³/mol. The highest BCUT2D eigenvalue weighted by molar-refractivity contribution is 8.00. The Morgan fingerprint density at radius 2 is 2.05 bits per heavy atom. The lowest BCUT2D eigenvalue weighted by atomic mass is 10.2. The first-order valence-corrected chi connectivity index (χ1v) is 6.87. The highest BCUT2D eigenvalue weighted by atomic mass is 32.2. The molecule has 1 aromatic carbocycles. The van der Waals surface area contributed by atoms with E-state index in [0.717, 1.165) is 4.90 Å². The molecule has 4 nitrogen and oxygen atoms in total. The van der Waals surface area contributed by atoms with Gasteiger partial charge >= 0.3 is 0 Å². The first-order chi connectivity index (χ1) is 9.56. The van der Waals surface area contributed by atoms with Crippen molar-refractivity contribution in [2.24, 2.45) is 0 Å². The number of nitrogens with one attached hydrogen (secondary N) is 1. The zero-order chi connectivity index (χ0) is 14.5. The minimum atomic E-state index is -0.506. The van der Waals surface area contributed by atoms with E-state index in [-0.39, 0.29) is 16.8 Å². The largest absolute Gasteiger partial charge is 0.399 e. The van der Waals surface area contributed by atoms with Crippen molar-refractivity contribution < 1.29 is 9.18 Å². The number of pyridine rings is 1. The molecule has 20 heavy (non-hydrogen) atoms. The lowest BCUT2D eigenvalue weighted by molar-refractivity contribution is -0.115. The molecule has 0 radical (unpaired) electrons. The van der Waals surface area contributed by atoms with Crippen molar-refractivity contribution in [1.82, 2.24) is 4.98 Å². The van der Waals surface area contributed by atoms with Crippen molar-refractivity contribution in [3.63, 3.8) is 0 Å². The summed E-state index contributed by atoms with van der Waals surface area (Å²) in [7, 11) is 0. The fourth-order valence-electron chi connectivity index (χ4n) is 1.55. The van der Waals surface area contributed by atoms with Crippen LogP contribution in [0, 0.1) is 5.82 Å². The van der Waals surface area contributed by atoms with Crippen LogP contribution in [-0.2, 0) is 4.79 Å². The van der Waals surface area contributed by atoms with Crippen molar-refractivity contribution in [1.29, 1.82) is 0 Å². The van der Waals surface area contributed by atoms with Gasteiger partial charge in [0, 0.05) is 23.0 Å². The predicted octanol–water partition coefficient (Wildman–Crippen LogP) is 2.92. The molecule has 0 bridgehead atoms. The Kier molecular flexibility index (Phi) is 4.57. The maximum Gasteiger partial charge on any atom is 0.237 e. The van der Waals surface area contributed by atoms with Gasteiger partial charge in [-0.1, -0.05) is 0 Å². The fraction of sp³-hybridized carbons (Fsp3) is 0.143. The Balaban J connectivity index is 2.02. The molecule has 1 aromatic heterocycles. The number of nitrogens with zero attached hydrogens (tertiary/aromatic N) is 1. The molecule has 3 N–H and O–H groups in total. The number of hydrogen-bond acceptors (Lipinski definition) is 4. The first-order valence-electron chi connectivity index (χ1n) is 5.99. The van der Waals surface area contributed by atoms with Crippen LogP contribution in [0.3, 0.4) is 0 Å². The van der Waals surface area contributed by atoms with E-state index < -0.39 is 5.82 Å². The summed E-state index contributed by atoms with van der Waals surface area (Å²) in [6.07, 6.45) is 3.31. The van der Waals surface area contributed by atoms with Crippen LogP contribution in [0.25, 0.3) is 0 Å². The second-order valence-corrected chi connectivity index (χ2v) is 5.59. The Bertz CT molecular complexity index is 607. The van der Waals surface area contributed by atoms with Gasteiger partial charge in [-0.25, -0.2) is 4.39 Å². The van der Waals surface area contributed by atoms with Crippen LogP contribution < -0.4 is 11.1 Å². The molecule has 0 aliphatic rings. The van der Waals surface area contributed by atoms with E-state index in [9.17, 15) is 9.18 Å². The molecule has 1 amide bonds. The van der Waals surface area contributed by atoms with Crippen LogP contribution in [0.2, 0.25) is 0 Å². The van der Waals surface area contributed by atoms with Gasteiger partial charge in [-0.2, -0.15) is 0 Å². The number of aromatic nitrogens is 1. The summed E-state index contributed by atoms with van der Waals surface area (Å²) in [4.78, 5) is 16.9. The van der Waals surface area contributed by atoms with Crippen LogP contribution in [0.15, 0.2) is 47.6 Å². The maximum absolute atomic E-state index is 13.5. The van der Waals surface area contributed by atoms with Gasteiger partial charge in [-0.05, 0) is 37.3 Å². The first kappa shape index (κ1) is 14.3. The zero-order valence-corrected chi connectivity index (χ0v) is 11.7. The number of halogens is 1. The molecule has 2 rings (SSSR count). The Hall–Kier alpha value is -2.08. The number of nitrogen functional groups attached to an aromatic ring is 1. The van der Waals surface area contributed by atoms with Crippen molar-refractivity contribution in [3.8, 4) is 0 Å². The number of amides is 1. The highest BCUT2D eigenvalue weighted by Crippen LogP contribution is 2.24. The molecule has 6 heteroatoms. The van der Waals surface area contributed by atoms with Crippen molar-refractivity contribution in [2.45, 2.75) is 17.1 Å². The summed E-state index contributed by atoms with van der Waals surface area (Å²) in [5.41, 5.74) is 6.07. The molecule has 1 atom stereocenters. The summed E-state index contributed by atoms with van der Waals surface area (Å²) in [5.74, 6) is -0.787. The van der Waals surface area contributed by atoms with Crippen molar-refractivity contribution in [2.75, 3.05) is 11.1 Å². The van der Waals surface area contributed by atoms with E-state index in [1.807, 2.05) is 12.1 Å². The molecule has 0 saturated heterocycles. The fourth-order valence-corrected chi connectivity index (χ4v) is 2.40. The highest BCUT2D eigenvalue weighted by Gasteiger charge is 2.16. The van der Waals surface area contributed by atoms with Gasteiger partial charge in [0.1, 0.15) is 5.82 Å². The third-order valence-electron chi connectivity index (χ3n) is 2.58. The summed E-state index contributed by atoms with van der Waals surface area (Å²) in [6, 6.07) is 7.70. The van der Waals surface area contributed by atoms with E-state index in [2.05, 4.69) is 10.3 Å². The standard InChI is InChI=1S/C14H14FN3OS/c1-9(20-11-4-6-17-7-5-11)14(19)18-13-8-10(16)2-3-12(13)15/h2-9H,16H2,1H3,(H,18,19). The van der Waals surface area contributed by atoms with E-state index in [4.69, 9.17) is 5.73 Å². The molecule has 2 aromatic rings. The second kappa shape index (κ2) is 6.38. The van der Waals surface area contributed by atoms with Crippen molar-refractivity contribution >= 4 is 29.0 Å². The number of carbonyl (C=O) groups excluding carboxylic acids is 1. The minimum absolute atomic E-state index is 0.0946. The van der Waals surface area contributed by atoms with Crippen LogP contribution in [0.5, 0.6) is 0 Å². The second-order valence-electron chi connectivity index (χ2n) is 4.17. The smallest absolute Gasteiger partial charge is 0.237 e. The molecule has 0 fully saturated rings. The molecule has 0 aliphatic carbocycles.